The highest BCUT2D eigenvalue weighted by molar-refractivity contribution is 7.12. The predicted molar refractivity (Wildman–Crippen MR) is 64.9 cm³/mol. The molecule has 0 fully saturated rings. The lowest BCUT2D eigenvalue weighted by Gasteiger charge is -2.13. The van der Waals surface area contributed by atoms with Crippen LogP contribution < -0.4 is 0 Å². The van der Waals surface area contributed by atoms with E-state index in [1.807, 2.05) is 6.07 Å². The smallest absolute Gasteiger partial charge is 0.104 e. The number of hydrogen-bond acceptors (Lipinski definition) is 3. The summed E-state index contributed by atoms with van der Waals surface area (Å²) in [4.78, 5) is 4.66. The average molecular weight is 223 g/mol. The van der Waals surface area contributed by atoms with E-state index >= 15 is 0 Å². The quantitative estimate of drug-likeness (QED) is 0.788. The van der Waals surface area contributed by atoms with Gasteiger partial charge < -0.3 is 10.0 Å². The molecule has 2 nitrogen and oxygen atoms in total. The van der Waals surface area contributed by atoms with Gasteiger partial charge in [0.2, 0.25) is 0 Å². The summed E-state index contributed by atoms with van der Waals surface area (Å²) in [7, 11) is 2.13. The summed E-state index contributed by atoms with van der Waals surface area (Å²) in [5.41, 5.74) is 0. The van der Waals surface area contributed by atoms with Gasteiger partial charge >= 0.3 is 0 Å². The number of aliphatic hydroxyl groups is 1. The molecule has 3 heteroatoms. The van der Waals surface area contributed by atoms with Gasteiger partial charge in [0.15, 0.2) is 0 Å². The Morgan fingerprint density at radius 1 is 1.47 bits per heavy atom. The number of rotatable bonds is 4. The molecule has 1 heterocycles. The van der Waals surface area contributed by atoms with E-state index in [0.29, 0.717) is 0 Å². The maximum Gasteiger partial charge on any atom is 0.104 e. The minimum Gasteiger partial charge on any atom is -0.384 e. The second kappa shape index (κ2) is 6.62. The SMILES string of the molecule is CCCN(C)Cc1ccc(C#CCO)s1. The largest absolute Gasteiger partial charge is 0.384 e. The molecule has 0 amide bonds. The summed E-state index contributed by atoms with van der Waals surface area (Å²) in [6.45, 7) is 4.22. The second-order valence-corrected chi connectivity index (χ2v) is 4.63. The van der Waals surface area contributed by atoms with E-state index in [1.54, 1.807) is 11.3 Å². The summed E-state index contributed by atoms with van der Waals surface area (Å²) in [6.07, 6.45) is 1.18. The van der Waals surface area contributed by atoms with Crippen LogP contribution in [0.15, 0.2) is 12.1 Å². The van der Waals surface area contributed by atoms with E-state index < -0.39 is 0 Å². The summed E-state index contributed by atoms with van der Waals surface area (Å²) in [5, 5.41) is 8.57. The Labute approximate surface area is 95.5 Å². The molecule has 0 aliphatic heterocycles. The van der Waals surface area contributed by atoms with Gasteiger partial charge in [0.25, 0.3) is 0 Å². The minimum atomic E-state index is -0.0665. The first kappa shape index (κ1) is 12.3. The molecule has 1 rings (SSSR count). The fraction of sp³-hybridized carbons (Fsp3) is 0.500. The van der Waals surface area contributed by atoms with Crippen LogP contribution in [-0.4, -0.2) is 30.2 Å². The van der Waals surface area contributed by atoms with Crippen LogP contribution in [0.3, 0.4) is 0 Å². The molecular formula is C12H17NOS. The molecular weight excluding hydrogens is 206 g/mol. The normalized spacial score (nSPS) is 10.1. The number of thiophene rings is 1. The average Bonchev–Trinajstić information content (AvgIpc) is 2.63. The number of hydrogen-bond donors (Lipinski definition) is 1. The molecule has 0 saturated heterocycles. The zero-order chi connectivity index (χ0) is 11.1. The molecule has 15 heavy (non-hydrogen) atoms. The van der Waals surface area contributed by atoms with Crippen molar-refractivity contribution >= 4 is 11.3 Å². The molecule has 0 aliphatic carbocycles. The second-order valence-electron chi connectivity index (χ2n) is 3.46. The zero-order valence-electron chi connectivity index (χ0n) is 9.29. The molecule has 0 bridgehead atoms. The van der Waals surface area contributed by atoms with Crippen molar-refractivity contribution in [3.63, 3.8) is 0 Å². The third kappa shape index (κ3) is 4.48. The minimum absolute atomic E-state index is 0.0665. The maximum absolute atomic E-state index is 8.57. The predicted octanol–water partition coefficient (Wildman–Crippen LogP) is 1.93. The van der Waals surface area contributed by atoms with Crippen molar-refractivity contribution in [2.75, 3.05) is 20.2 Å². The Morgan fingerprint density at radius 3 is 2.93 bits per heavy atom. The number of aliphatic hydroxyl groups excluding tert-OH is 1. The molecule has 1 aromatic rings. The standard InChI is InChI=1S/C12H17NOS/c1-3-8-13(2)10-12-7-6-11(15-12)5-4-9-14/h6-7,14H,3,8-10H2,1-2H3. The van der Waals surface area contributed by atoms with E-state index in [-0.39, 0.29) is 6.61 Å². The van der Waals surface area contributed by atoms with Crippen molar-refractivity contribution in [2.45, 2.75) is 19.9 Å². The van der Waals surface area contributed by atoms with Gasteiger partial charge in [-0.2, -0.15) is 0 Å². The molecule has 0 aromatic carbocycles. The van der Waals surface area contributed by atoms with Gasteiger partial charge in [0, 0.05) is 11.4 Å². The summed E-state index contributed by atoms with van der Waals surface area (Å²) in [6, 6.07) is 4.13. The van der Waals surface area contributed by atoms with Crippen molar-refractivity contribution in [1.82, 2.24) is 4.90 Å². The van der Waals surface area contributed by atoms with Crippen molar-refractivity contribution in [3.8, 4) is 11.8 Å². The van der Waals surface area contributed by atoms with E-state index in [1.165, 1.54) is 11.3 Å². The molecule has 0 atom stereocenters. The highest BCUT2D eigenvalue weighted by atomic mass is 32.1. The first-order valence-corrected chi connectivity index (χ1v) is 5.95. The van der Waals surface area contributed by atoms with Gasteiger partial charge in [-0.1, -0.05) is 18.8 Å². The van der Waals surface area contributed by atoms with Crippen LogP contribution in [0.25, 0.3) is 0 Å². The van der Waals surface area contributed by atoms with Gasteiger partial charge in [-0.3, -0.25) is 0 Å². The van der Waals surface area contributed by atoms with Gasteiger partial charge in [-0.25, -0.2) is 0 Å². The third-order valence-corrected chi connectivity index (χ3v) is 2.97. The van der Waals surface area contributed by atoms with Crippen molar-refractivity contribution < 1.29 is 5.11 Å². The number of nitrogens with zero attached hydrogens (tertiary/aromatic N) is 1. The van der Waals surface area contributed by atoms with Gasteiger partial charge in [0.05, 0.1) is 4.88 Å². The Kier molecular flexibility index (Phi) is 5.41. The van der Waals surface area contributed by atoms with Crippen LogP contribution in [0.4, 0.5) is 0 Å². The molecule has 1 aromatic heterocycles. The Bertz CT molecular complexity index is 348. The first-order chi connectivity index (χ1) is 7.26. The summed E-state index contributed by atoms with van der Waals surface area (Å²) in [5.74, 6) is 5.58. The fourth-order valence-corrected chi connectivity index (χ4v) is 2.35. The highest BCUT2D eigenvalue weighted by Gasteiger charge is 2.01. The lowest BCUT2D eigenvalue weighted by Crippen LogP contribution is -2.17. The fourth-order valence-electron chi connectivity index (χ4n) is 1.38. The Morgan fingerprint density at radius 2 is 2.27 bits per heavy atom. The van der Waals surface area contributed by atoms with Crippen LogP contribution in [0.2, 0.25) is 0 Å². The molecule has 82 valence electrons. The van der Waals surface area contributed by atoms with E-state index in [0.717, 1.165) is 18.0 Å². The molecule has 0 unspecified atom stereocenters. The third-order valence-electron chi connectivity index (χ3n) is 1.98. The van der Waals surface area contributed by atoms with Crippen LogP contribution >= 0.6 is 11.3 Å². The lowest BCUT2D eigenvalue weighted by molar-refractivity contribution is 0.330. The molecule has 0 radical (unpaired) electrons. The van der Waals surface area contributed by atoms with Crippen molar-refractivity contribution in [2.24, 2.45) is 0 Å². The molecule has 0 saturated carbocycles. The van der Waals surface area contributed by atoms with Crippen molar-refractivity contribution in [3.05, 3.63) is 21.9 Å². The Hall–Kier alpha value is -0.820. The highest BCUT2D eigenvalue weighted by Crippen LogP contribution is 2.16. The topological polar surface area (TPSA) is 23.5 Å². The van der Waals surface area contributed by atoms with E-state index in [4.69, 9.17) is 5.11 Å². The molecule has 1 N–H and O–H groups in total. The van der Waals surface area contributed by atoms with Gasteiger partial charge in [0.1, 0.15) is 6.61 Å². The lowest BCUT2D eigenvalue weighted by atomic mass is 10.4. The summed E-state index contributed by atoms with van der Waals surface area (Å²) < 4.78 is 0. The van der Waals surface area contributed by atoms with Gasteiger partial charge in [-0.15, -0.1) is 11.3 Å². The molecule has 0 aliphatic rings. The molecule has 0 spiro atoms. The van der Waals surface area contributed by atoms with E-state index in [9.17, 15) is 0 Å². The Balaban J connectivity index is 2.52. The van der Waals surface area contributed by atoms with Gasteiger partial charge in [-0.05, 0) is 32.1 Å². The van der Waals surface area contributed by atoms with Crippen LogP contribution in [0.1, 0.15) is 23.1 Å². The van der Waals surface area contributed by atoms with Crippen LogP contribution in [0.5, 0.6) is 0 Å². The van der Waals surface area contributed by atoms with Crippen LogP contribution in [0, 0.1) is 11.8 Å². The first-order valence-electron chi connectivity index (χ1n) is 5.13. The van der Waals surface area contributed by atoms with Crippen LogP contribution in [-0.2, 0) is 6.54 Å². The monoisotopic (exact) mass is 223 g/mol. The summed E-state index contributed by atoms with van der Waals surface area (Å²) >= 11 is 1.70. The zero-order valence-corrected chi connectivity index (χ0v) is 10.1. The maximum atomic E-state index is 8.57. The van der Waals surface area contributed by atoms with E-state index in [2.05, 4.69) is 36.8 Å². The van der Waals surface area contributed by atoms with Crippen molar-refractivity contribution in [1.29, 1.82) is 0 Å².